The Morgan fingerprint density at radius 3 is 2.44 bits per heavy atom. The molecule has 0 aliphatic carbocycles. The van der Waals surface area contributed by atoms with Crippen LogP contribution in [0.3, 0.4) is 0 Å². The minimum Gasteiger partial charge on any atom is -0.496 e. The standard InChI is InChI=1S/C23H29N3O5S/c1-17-9-11-18(12-10-17)13-24-22(28)23(2)16-25(32(4,29)30)15-21(27)26(23)14-19-7-5-6-8-20(19)31-3/h5-12H,13-16H2,1-4H3,(H,24,28)/t23-/m1/s1. The largest absolute Gasteiger partial charge is 0.496 e. The van der Waals surface area contributed by atoms with Crippen molar-refractivity contribution in [2.45, 2.75) is 32.5 Å². The van der Waals surface area contributed by atoms with E-state index in [4.69, 9.17) is 4.74 Å². The molecular formula is C23H29N3O5S. The summed E-state index contributed by atoms with van der Waals surface area (Å²) >= 11 is 0. The average molecular weight is 460 g/mol. The second-order valence-electron chi connectivity index (χ2n) is 8.26. The van der Waals surface area contributed by atoms with Gasteiger partial charge < -0.3 is 15.0 Å². The molecule has 2 amide bonds. The van der Waals surface area contributed by atoms with E-state index in [2.05, 4.69) is 5.32 Å². The van der Waals surface area contributed by atoms with Crippen LogP contribution in [0, 0.1) is 6.92 Å². The van der Waals surface area contributed by atoms with Crippen LogP contribution < -0.4 is 10.1 Å². The fraction of sp³-hybridized carbons (Fsp3) is 0.391. The first-order chi connectivity index (χ1) is 15.0. The van der Waals surface area contributed by atoms with Crippen LogP contribution in [0.4, 0.5) is 0 Å². The van der Waals surface area contributed by atoms with Crippen molar-refractivity contribution in [1.82, 2.24) is 14.5 Å². The maximum atomic E-state index is 13.4. The molecule has 1 saturated heterocycles. The lowest BCUT2D eigenvalue weighted by Crippen LogP contribution is -2.69. The van der Waals surface area contributed by atoms with E-state index in [0.717, 1.165) is 27.3 Å². The highest BCUT2D eigenvalue weighted by Gasteiger charge is 2.49. The van der Waals surface area contributed by atoms with E-state index in [9.17, 15) is 18.0 Å². The van der Waals surface area contributed by atoms with Crippen molar-refractivity contribution in [3.8, 4) is 5.75 Å². The van der Waals surface area contributed by atoms with E-state index in [1.54, 1.807) is 13.0 Å². The van der Waals surface area contributed by atoms with Crippen LogP contribution in [-0.4, -0.2) is 61.4 Å². The zero-order chi connectivity index (χ0) is 23.5. The van der Waals surface area contributed by atoms with Crippen molar-refractivity contribution >= 4 is 21.8 Å². The quantitative estimate of drug-likeness (QED) is 0.680. The van der Waals surface area contributed by atoms with E-state index in [-0.39, 0.29) is 26.2 Å². The number of amides is 2. The van der Waals surface area contributed by atoms with Crippen LogP contribution in [0.25, 0.3) is 0 Å². The van der Waals surface area contributed by atoms with Crippen molar-refractivity contribution in [2.75, 3.05) is 26.5 Å². The number of carbonyl (C=O) groups excluding carboxylic acids is 2. The average Bonchev–Trinajstić information content (AvgIpc) is 2.75. The summed E-state index contributed by atoms with van der Waals surface area (Å²) in [6.07, 6.45) is 1.04. The predicted molar refractivity (Wildman–Crippen MR) is 121 cm³/mol. The van der Waals surface area contributed by atoms with Gasteiger partial charge in [0.05, 0.1) is 26.5 Å². The molecule has 3 rings (SSSR count). The third-order valence-corrected chi connectivity index (χ3v) is 6.94. The SMILES string of the molecule is COc1ccccc1CN1C(=O)CN(S(C)(=O)=O)C[C@]1(C)C(=O)NCc1ccc(C)cc1. The fourth-order valence-electron chi connectivity index (χ4n) is 3.77. The van der Waals surface area contributed by atoms with Gasteiger partial charge in [0.2, 0.25) is 21.8 Å². The second kappa shape index (κ2) is 9.30. The number of sulfonamides is 1. The Labute approximate surface area is 189 Å². The van der Waals surface area contributed by atoms with Gasteiger partial charge in [-0.3, -0.25) is 9.59 Å². The number of methoxy groups -OCH3 is 1. The number of ether oxygens (including phenoxy) is 1. The van der Waals surface area contributed by atoms with Gasteiger partial charge in [-0.1, -0.05) is 48.0 Å². The molecule has 2 aromatic rings. The Morgan fingerprint density at radius 1 is 1.16 bits per heavy atom. The Bertz CT molecular complexity index is 1100. The molecule has 1 heterocycles. The second-order valence-corrected chi connectivity index (χ2v) is 10.2. The minimum atomic E-state index is -3.66. The number of nitrogens with zero attached hydrogens (tertiary/aromatic N) is 2. The third-order valence-electron chi connectivity index (χ3n) is 5.75. The summed E-state index contributed by atoms with van der Waals surface area (Å²) in [6, 6.07) is 15.0. The number of rotatable bonds is 7. The third kappa shape index (κ3) is 5.11. The lowest BCUT2D eigenvalue weighted by Gasteiger charge is -2.46. The fourth-order valence-corrected chi connectivity index (χ4v) is 4.60. The first kappa shape index (κ1) is 23.7. The molecule has 0 radical (unpaired) electrons. The molecule has 1 atom stereocenters. The number of piperazine rings is 1. The Hall–Kier alpha value is -2.91. The van der Waals surface area contributed by atoms with Crippen molar-refractivity contribution < 1.29 is 22.7 Å². The number of benzene rings is 2. The van der Waals surface area contributed by atoms with Crippen LogP contribution in [0.2, 0.25) is 0 Å². The Kier molecular flexibility index (Phi) is 6.90. The maximum Gasteiger partial charge on any atom is 0.247 e. The molecule has 0 spiro atoms. The summed E-state index contributed by atoms with van der Waals surface area (Å²) in [5.74, 6) is -0.275. The molecule has 0 bridgehead atoms. The van der Waals surface area contributed by atoms with Gasteiger partial charge in [0.1, 0.15) is 11.3 Å². The van der Waals surface area contributed by atoms with Gasteiger partial charge in [-0.15, -0.1) is 0 Å². The number of para-hydroxylation sites is 1. The number of hydrogen-bond donors (Lipinski definition) is 1. The van der Waals surface area contributed by atoms with E-state index in [1.165, 1.54) is 12.0 Å². The first-order valence-electron chi connectivity index (χ1n) is 10.3. The van der Waals surface area contributed by atoms with E-state index < -0.39 is 27.4 Å². The lowest BCUT2D eigenvalue weighted by molar-refractivity contribution is -0.153. The molecule has 172 valence electrons. The highest BCUT2D eigenvalue weighted by molar-refractivity contribution is 7.88. The van der Waals surface area contributed by atoms with Crippen molar-refractivity contribution in [3.05, 3.63) is 65.2 Å². The van der Waals surface area contributed by atoms with Gasteiger partial charge in [-0.2, -0.15) is 4.31 Å². The summed E-state index contributed by atoms with van der Waals surface area (Å²) in [5, 5.41) is 2.88. The number of hydrogen-bond acceptors (Lipinski definition) is 5. The molecule has 1 N–H and O–H groups in total. The molecule has 0 aromatic heterocycles. The van der Waals surface area contributed by atoms with Gasteiger partial charge in [0.25, 0.3) is 0 Å². The molecule has 1 aliphatic rings. The van der Waals surface area contributed by atoms with Gasteiger partial charge in [0.15, 0.2) is 0 Å². The molecule has 0 unspecified atom stereocenters. The van der Waals surface area contributed by atoms with Gasteiger partial charge in [-0.05, 0) is 25.5 Å². The first-order valence-corrected chi connectivity index (χ1v) is 12.1. The Balaban J connectivity index is 1.91. The smallest absolute Gasteiger partial charge is 0.247 e. The number of nitrogens with one attached hydrogen (secondary N) is 1. The summed E-state index contributed by atoms with van der Waals surface area (Å²) in [6.45, 7) is 3.52. The maximum absolute atomic E-state index is 13.4. The Morgan fingerprint density at radius 2 is 1.81 bits per heavy atom. The molecular weight excluding hydrogens is 430 g/mol. The molecule has 8 nitrogen and oxygen atoms in total. The zero-order valence-electron chi connectivity index (χ0n) is 18.8. The predicted octanol–water partition coefficient (Wildman–Crippen LogP) is 1.68. The van der Waals surface area contributed by atoms with Crippen LogP contribution in [0.15, 0.2) is 48.5 Å². The summed E-state index contributed by atoms with van der Waals surface area (Å²) in [5.41, 5.74) is 1.35. The molecule has 1 aliphatic heterocycles. The summed E-state index contributed by atoms with van der Waals surface area (Å²) in [7, 11) is -2.13. The minimum absolute atomic E-state index is 0.120. The summed E-state index contributed by atoms with van der Waals surface area (Å²) in [4.78, 5) is 27.9. The van der Waals surface area contributed by atoms with Gasteiger partial charge in [-0.25, -0.2) is 8.42 Å². The number of aryl methyl sites for hydroxylation is 1. The molecule has 0 saturated carbocycles. The van der Waals surface area contributed by atoms with Crippen LogP contribution in [0.5, 0.6) is 5.75 Å². The van der Waals surface area contributed by atoms with Crippen LogP contribution in [-0.2, 0) is 32.7 Å². The van der Waals surface area contributed by atoms with E-state index in [1.807, 2.05) is 49.4 Å². The van der Waals surface area contributed by atoms with Gasteiger partial charge >= 0.3 is 0 Å². The molecule has 2 aromatic carbocycles. The highest BCUT2D eigenvalue weighted by Crippen LogP contribution is 2.29. The monoisotopic (exact) mass is 459 g/mol. The van der Waals surface area contributed by atoms with Gasteiger partial charge in [0, 0.05) is 18.7 Å². The molecule has 1 fully saturated rings. The topological polar surface area (TPSA) is 96.0 Å². The van der Waals surface area contributed by atoms with Crippen molar-refractivity contribution in [2.24, 2.45) is 0 Å². The van der Waals surface area contributed by atoms with Crippen LogP contribution >= 0.6 is 0 Å². The molecule has 32 heavy (non-hydrogen) atoms. The van der Waals surface area contributed by atoms with Crippen molar-refractivity contribution in [1.29, 1.82) is 0 Å². The normalized spacial score (nSPS) is 19.6. The zero-order valence-corrected chi connectivity index (χ0v) is 19.6. The van der Waals surface area contributed by atoms with E-state index >= 15 is 0 Å². The lowest BCUT2D eigenvalue weighted by atomic mass is 9.94. The summed E-state index contributed by atoms with van der Waals surface area (Å²) < 4.78 is 30.9. The highest BCUT2D eigenvalue weighted by atomic mass is 32.2. The number of carbonyl (C=O) groups is 2. The van der Waals surface area contributed by atoms with Crippen LogP contribution in [0.1, 0.15) is 23.6 Å². The molecule has 9 heteroatoms. The van der Waals surface area contributed by atoms with Crippen molar-refractivity contribution in [3.63, 3.8) is 0 Å². The van der Waals surface area contributed by atoms with E-state index in [0.29, 0.717) is 5.75 Å².